The molecule has 31 heavy (non-hydrogen) atoms. The lowest BCUT2D eigenvalue weighted by molar-refractivity contribution is 0.0219. The molecule has 1 unspecified atom stereocenters. The van der Waals surface area contributed by atoms with Gasteiger partial charge >= 0.3 is 6.09 Å². The Kier molecular flexibility index (Phi) is 8.25. The van der Waals surface area contributed by atoms with Crippen LogP contribution in [0.5, 0.6) is 5.88 Å². The van der Waals surface area contributed by atoms with Gasteiger partial charge in [-0.25, -0.2) is 18.2 Å². The zero-order chi connectivity index (χ0) is 23.2. The minimum atomic E-state index is -3.65. The second-order valence-electron chi connectivity index (χ2n) is 8.56. The van der Waals surface area contributed by atoms with Gasteiger partial charge in [-0.1, -0.05) is 13.0 Å². The Hall–Kier alpha value is -2.39. The van der Waals surface area contributed by atoms with Crippen molar-refractivity contribution in [3.63, 3.8) is 0 Å². The van der Waals surface area contributed by atoms with Crippen molar-refractivity contribution in [3.05, 3.63) is 30.5 Å². The van der Waals surface area contributed by atoms with Crippen LogP contribution in [0.4, 0.5) is 4.79 Å². The molecule has 2 rings (SSSR count). The number of pyridine rings is 1. The predicted molar refractivity (Wildman–Crippen MR) is 119 cm³/mol. The third kappa shape index (κ3) is 6.80. The van der Waals surface area contributed by atoms with Gasteiger partial charge in [-0.15, -0.1) is 0 Å². The van der Waals surface area contributed by atoms with Crippen molar-refractivity contribution in [2.45, 2.75) is 44.6 Å². The third-order valence-corrected chi connectivity index (χ3v) is 6.57. The standard InChI is InChI=1S/C22H32N2O6S/c1-16(14-24(12-7-13-25)21(26)30-22(2,3)4)15-31(27,28)19-9-6-8-18-17(19)10-11-23-20(18)29-5/h6,8-11,16,25H,7,12-15H2,1-5H3. The van der Waals surface area contributed by atoms with Crippen molar-refractivity contribution in [1.82, 2.24) is 9.88 Å². The van der Waals surface area contributed by atoms with E-state index in [9.17, 15) is 13.2 Å². The van der Waals surface area contributed by atoms with E-state index in [0.717, 1.165) is 0 Å². The molecular weight excluding hydrogens is 420 g/mol. The van der Waals surface area contributed by atoms with E-state index in [1.807, 2.05) is 0 Å². The third-order valence-electron chi connectivity index (χ3n) is 4.53. The summed E-state index contributed by atoms with van der Waals surface area (Å²) in [5, 5.41) is 10.3. The number of benzene rings is 1. The number of amides is 1. The van der Waals surface area contributed by atoms with Gasteiger partial charge in [0.25, 0.3) is 0 Å². The van der Waals surface area contributed by atoms with Gasteiger partial charge in [0.2, 0.25) is 5.88 Å². The van der Waals surface area contributed by atoms with Crippen LogP contribution in [0.15, 0.2) is 35.4 Å². The maximum Gasteiger partial charge on any atom is 0.410 e. The van der Waals surface area contributed by atoms with E-state index in [4.69, 9.17) is 14.6 Å². The molecule has 1 aromatic carbocycles. The lowest BCUT2D eigenvalue weighted by atomic mass is 10.2. The number of hydrogen-bond acceptors (Lipinski definition) is 7. The number of carbonyl (C=O) groups excluding carboxylic acids is 1. The van der Waals surface area contributed by atoms with Crippen LogP contribution < -0.4 is 4.74 Å². The molecule has 0 radical (unpaired) electrons. The fraction of sp³-hybridized carbons (Fsp3) is 0.545. The molecule has 9 heteroatoms. The average molecular weight is 453 g/mol. The molecule has 0 aliphatic rings. The number of sulfone groups is 1. The summed E-state index contributed by atoms with van der Waals surface area (Å²) in [4.78, 5) is 18.3. The van der Waals surface area contributed by atoms with E-state index >= 15 is 0 Å². The van der Waals surface area contributed by atoms with E-state index < -0.39 is 21.5 Å². The summed E-state index contributed by atoms with van der Waals surface area (Å²) < 4.78 is 37.1. The van der Waals surface area contributed by atoms with Crippen LogP contribution >= 0.6 is 0 Å². The summed E-state index contributed by atoms with van der Waals surface area (Å²) in [6, 6.07) is 6.66. The van der Waals surface area contributed by atoms with E-state index in [0.29, 0.717) is 23.1 Å². The molecule has 0 bridgehead atoms. The molecule has 1 amide bonds. The summed E-state index contributed by atoms with van der Waals surface area (Å²) in [6.45, 7) is 7.50. The molecular formula is C22H32N2O6S. The van der Waals surface area contributed by atoms with Crippen molar-refractivity contribution >= 4 is 26.7 Å². The van der Waals surface area contributed by atoms with Crippen molar-refractivity contribution in [2.24, 2.45) is 5.92 Å². The molecule has 0 spiro atoms. The van der Waals surface area contributed by atoms with Gasteiger partial charge in [-0.05, 0) is 51.3 Å². The Balaban J connectivity index is 2.23. The van der Waals surface area contributed by atoms with Gasteiger partial charge in [0.1, 0.15) is 5.60 Å². The lowest BCUT2D eigenvalue weighted by Gasteiger charge is -2.29. The number of aliphatic hydroxyl groups is 1. The number of rotatable bonds is 9. The molecule has 1 heterocycles. The summed E-state index contributed by atoms with van der Waals surface area (Å²) in [6.07, 6.45) is 1.38. The Labute approximate surface area is 184 Å². The molecule has 0 aliphatic heterocycles. The van der Waals surface area contributed by atoms with E-state index in [2.05, 4.69) is 4.98 Å². The van der Waals surface area contributed by atoms with E-state index in [1.165, 1.54) is 18.2 Å². The molecule has 8 nitrogen and oxygen atoms in total. The maximum absolute atomic E-state index is 13.2. The minimum absolute atomic E-state index is 0.0716. The van der Waals surface area contributed by atoms with Crippen LogP contribution in [0.1, 0.15) is 34.1 Å². The second kappa shape index (κ2) is 10.3. The number of hydrogen-bond donors (Lipinski definition) is 1. The van der Waals surface area contributed by atoms with Gasteiger partial charge in [0.15, 0.2) is 9.84 Å². The molecule has 0 aliphatic carbocycles. The van der Waals surface area contributed by atoms with Crippen LogP contribution in [0, 0.1) is 5.92 Å². The lowest BCUT2D eigenvalue weighted by Crippen LogP contribution is -2.41. The van der Waals surface area contributed by atoms with Crippen molar-refractivity contribution in [3.8, 4) is 5.88 Å². The summed E-state index contributed by atoms with van der Waals surface area (Å²) >= 11 is 0. The molecule has 1 atom stereocenters. The average Bonchev–Trinajstić information content (AvgIpc) is 2.68. The maximum atomic E-state index is 13.2. The number of carbonyl (C=O) groups is 1. The van der Waals surface area contributed by atoms with Gasteiger partial charge in [-0.3, -0.25) is 0 Å². The van der Waals surface area contributed by atoms with Gasteiger partial charge < -0.3 is 19.5 Å². The molecule has 1 aromatic heterocycles. The number of aliphatic hydroxyl groups excluding tert-OH is 1. The van der Waals surface area contributed by atoms with Crippen LogP contribution in [0.3, 0.4) is 0 Å². The van der Waals surface area contributed by atoms with Crippen molar-refractivity contribution in [1.29, 1.82) is 0 Å². The van der Waals surface area contributed by atoms with Crippen LogP contribution in [-0.2, 0) is 14.6 Å². The highest BCUT2D eigenvalue weighted by Gasteiger charge is 2.27. The summed E-state index contributed by atoms with van der Waals surface area (Å²) in [5.74, 6) is -0.132. The molecule has 172 valence electrons. The Morgan fingerprint density at radius 2 is 1.94 bits per heavy atom. The Morgan fingerprint density at radius 1 is 1.23 bits per heavy atom. The largest absolute Gasteiger partial charge is 0.481 e. The second-order valence-corrected chi connectivity index (χ2v) is 10.6. The predicted octanol–water partition coefficient (Wildman–Crippen LogP) is 3.27. The first-order valence-electron chi connectivity index (χ1n) is 10.2. The fourth-order valence-corrected chi connectivity index (χ4v) is 5.16. The topological polar surface area (TPSA) is 106 Å². The number of ether oxygens (including phenoxy) is 2. The number of fused-ring (bicyclic) bond motifs is 1. The highest BCUT2D eigenvalue weighted by Crippen LogP contribution is 2.29. The van der Waals surface area contributed by atoms with Crippen LogP contribution in [0.2, 0.25) is 0 Å². The Morgan fingerprint density at radius 3 is 2.55 bits per heavy atom. The number of aromatic nitrogens is 1. The monoisotopic (exact) mass is 452 g/mol. The zero-order valence-corrected chi connectivity index (χ0v) is 19.6. The molecule has 0 saturated heterocycles. The molecule has 2 aromatic rings. The zero-order valence-electron chi connectivity index (χ0n) is 18.8. The van der Waals surface area contributed by atoms with Gasteiger partial charge in [0.05, 0.1) is 17.8 Å². The van der Waals surface area contributed by atoms with Crippen molar-refractivity contribution < 1.29 is 27.8 Å². The molecule has 1 N–H and O–H groups in total. The van der Waals surface area contributed by atoms with Crippen LogP contribution in [-0.4, -0.2) is 67.7 Å². The van der Waals surface area contributed by atoms with Gasteiger partial charge in [-0.2, -0.15) is 0 Å². The summed E-state index contributed by atoms with van der Waals surface area (Å²) in [7, 11) is -2.16. The highest BCUT2D eigenvalue weighted by atomic mass is 32.2. The summed E-state index contributed by atoms with van der Waals surface area (Å²) in [5.41, 5.74) is -0.667. The Bertz CT molecular complexity index is 1000. The first-order valence-corrected chi connectivity index (χ1v) is 11.9. The quantitative estimate of drug-likeness (QED) is 0.622. The fourth-order valence-electron chi connectivity index (χ4n) is 3.32. The molecule has 0 saturated carbocycles. The normalized spacial score (nSPS) is 13.1. The molecule has 0 fully saturated rings. The first kappa shape index (κ1) is 24.9. The smallest absolute Gasteiger partial charge is 0.410 e. The van der Waals surface area contributed by atoms with Crippen molar-refractivity contribution in [2.75, 3.05) is 32.6 Å². The first-order chi connectivity index (χ1) is 14.5. The SMILES string of the molecule is COc1nccc2c(S(=O)(=O)CC(C)CN(CCCO)C(=O)OC(C)(C)C)cccc12. The van der Waals surface area contributed by atoms with Crippen LogP contribution in [0.25, 0.3) is 10.8 Å². The minimum Gasteiger partial charge on any atom is -0.481 e. The number of methoxy groups -OCH3 is 1. The number of nitrogens with zero attached hydrogens (tertiary/aromatic N) is 2. The highest BCUT2D eigenvalue weighted by molar-refractivity contribution is 7.91. The van der Waals surface area contributed by atoms with E-state index in [-0.39, 0.29) is 36.3 Å². The van der Waals surface area contributed by atoms with Gasteiger partial charge in [0, 0.05) is 36.7 Å². The van der Waals surface area contributed by atoms with E-state index in [1.54, 1.807) is 52.0 Å².